The molecule has 0 heterocycles. The Kier molecular flexibility index (Phi) is 4.49. The minimum absolute atomic E-state index is 0.110. The Bertz CT molecular complexity index is 102. The van der Waals surface area contributed by atoms with Crippen molar-refractivity contribution in [3.63, 3.8) is 0 Å². The Morgan fingerprint density at radius 1 is 1.40 bits per heavy atom. The number of nitrogens with one attached hydrogen (secondary N) is 1. The van der Waals surface area contributed by atoms with Gasteiger partial charge < -0.3 is 19.7 Å². The summed E-state index contributed by atoms with van der Waals surface area (Å²) in [6, 6.07) is 0. The lowest BCUT2D eigenvalue weighted by Gasteiger charge is -2.08. The quantitative estimate of drug-likeness (QED) is 0.229. The van der Waals surface area contributed by atoms with Gasteiger partial charge in [0.05, 0.1) is 6.17 Å². The van der Waals surface area contributed by atoms with Crippen molar-refractivity contribution < 1.29 is 14.4 Å². The molecule has 0 aromatic rings. The molecular formula is C5H13NO3Si. The predicted octanol–water partition coefficient (Wildman–Crippen LogP) is -1.39. The van der Waals surface area contributed by atoms with Gasteiger partial charge in [0.1, 0.15) is 0 Å². The van der Waals surface area contributed by atoms with Crippen molar-refractivity contribution in [3.8, 4) is 0 Å². The molecule has 10 heavy (non-hydrogen) atoms. The summed E-state index contributed by atoms with van der Waals surface area (Å²) in [6.45, 7) is 4.09. The molecule has 4 N–H and O–H groups in total. The van der Waals surface area contributed by atoms with Gasteiger partial charge in [-0.1, -0.05) is 6.08 Å². The van der Waals surface area contributed by atoms with Crippen molar-refractivity contribution in [2.75, 3.05) is 12.7 Å². The molecule has 0 aliphatic heterocycles. The zero-order chi connectivity index (χ0) is 8.04. The summed E-state index contributed by atoms with van der Waals surface area (Å²) in [5.74, 6) is 0. The fourth-order valence-electron chi connectivity index (χ4n) is 0.460. The van der Waals surface area contributed by atoms with E-state index in [2.05, 4.69) is 11.9 Å². The van der Waals surface area contributed by atoms with Crippen molar-refractivity contribution in [1.82, 2.24) is 5.32 Å². The van der Waals surface area contributed by atoms with Gasteiger partial charge >= 0.3 is 8.80 Å². The van der Waals surface area contributed by atoms with Crippen LogP contribution in [0.5, 0.6) is 0 Å². The molecule has 0 bridgehead atoms. The van der Waals surface area contributed by atoms with E-state index in [4.69, 9.17) is 14.4 Å². The first-order valence-electron chi connectivity index (χ1n) is 3.05. The summed E-state index contributed by atoms with van der Waals surface area (Å²) >= 11 is 0. The normalized spacial score (nSPS) is 11.5. The number of hydrogen-bond acceptors (Lipinski definition) is 4. The molecule has 0 aromatic carbocycles. The fraction of sp³-hybridized carbons (Fsp3) is 0.600. The Labute approximate surface area is 61.2 Å². The van der Waals surface area contributed by atoms with Gasteiger partial charge in [-0.05, 0) is 13.0 Å². The molecule has 0 aliphatic carbocycles. The lowest BCUT2D eigenvalue weighted by molar-refractivity contribution is 0.225. The summed E-state index contributed by atoms with van der Waals surface area (Å²) in [4.78, 5) is 25.4. The first kappa shape index (κ1) is 9.80. The highest BCUT2D eigenvalue weighted by atomic mass is 28.4. The van der Waals surface area contributed by atoms with E-state index in [1.54, 1.807) is 6.08 Å². The summed E-state index contributed by atoms with van der Waals surface area (Å²) < 4.78 is 0. The second-order valence-corrected chi connectivity index (χ2v) is 3.93. The lowest BCUT2D eigenvalue weighted by atomic mass is 10.4. The average molecular weight is 163 g/mol. The van der Waals surface area contributed by atoms with Gasteiger partial charge in [0.25, 0.3) is 0 Å². The van der Waals surface area contributed by atoms with E-state index in [9.17, 15) is 0 Å². The largest absolute Gasteiger partial charge is 0.507 e. The third-order valence-electron chi connectivity index (χ3n) is 0.887. The van der Waals surface area contributed by atoms with Crippen LogP contribution in [-0.2, 0) is 0 Å². The van der Waals surface area contributed by atoms with Gasteiger partial charge in [-0.15, -0.1) is 6.58 Å². The maximum Gasteiger partial charge on any atom is 0.507 e. The summed E-state index contributed by atoms with van der Waals surface area (Å²) in [7, 11) is -3.85. The fourth-order valence-corrected chi connectivity index (χ4v) is 0.972. The number of hydrogen-bond donors (Lipinski definition) is 4. The highest BCUT2D eigenvalue weighted by Crippen LogP contribution is 1.81. The molecule has 0 amide bonds. The van der Waals surface area contributed by atoms with E-state index in [0.717, 1.165) is 6.42 Å². The van der Waals surface area contributed by atoms with Gasteiger partial charge in [0.2, 0.25) is 0 Å². The third-order valence-corrected chi connectivity index (χ3v) is 1.61. The second-order valence-electron chi connectivity index (χ2n) is 2.03. The zero-order valence-corrected chi connectivity index (χ0v) is 6.75. The first-order valence-corrected chi connectivity index (χ1v) is 5.10. The molecule has 0 atom stereocenters. The molecule has 0 radical (unpaired) electrons. The van der Waals surface area contributed by atoms with Crippen molar-refractivity contribution in [2.24, 2.45) is 0 Å². The van der Waals surface area contributed by atoms with Crippen molar-refractivity contribution in [1.29, 1.82) is 0 Å². The molecule has 0 unspecified atom stereocenters. The molecule has 0 saturated heterocycles. The SMILES string of the molecule is C=CCCNC[Si](O)(O)O. The molecule has 0 aromatic heterocycles. The van der Waals surface area contributed by atoms with Crippen molar-refractivity contribution in [2.45, 2.75) is 6.42 Å². The van der Waals surface area contributed by atoms with Gasteiger partial charge in [-0.3, -0.25) is 0 Å². The smallest absolute Gasteiger partial charge is 0.389 e. The number of rotatable bonds is 5. The second kappa shape index (κ2) is 4.59. The maximum atomic E-state index is 8.48. The molecule has 4 nitrogen and oxygen atoms in total. The Morgan fingerprint density at radius 3 is 2.40 bits per heavy atom. The standard InChI is InChI=1S/C5H13NO3Si/c1-2-3-4-6-5-10(7,8)9/h2,6-9H,1,3-5H2. The lowest BCUT2D eigenvalue weighted by Crippen LogP contribution is -2.46. The molecule has 0 rings (SSSR count). The van der Waals surface area contributed by atoms with Crippen LogP contribution in [0, 0.1) is 0 Å². The zero-order valence-electron chi connectivity index (χ0n) is 5.75. The molecule has 5 heteroatoms. The van der Waals surface area contributed by atoms with Crippen LogP contribution in [-0.4, -0.2) is 35.9 Å². The molecule has 0 aliphatic rings. The first-order chi connectivity index (χ1) is 4.56. The molecular weight excluding hydrogens is 150 g/mol. The maximum absolute atomic E-state index is 8.48. The summed E-state index contributed by atoms with van der Waals surface area (Å²) in [5, 5.41) is 2.67. The monoisotopic (exact) mass is 163 g/mol. The minimum Gasteiger partial charge on any atom is -0.389 e. The van der Waals surface area contributed by atoms with Crippen LogP contribution < -0.4 is 5.32 Å². The van der Waals surface area contributed by atoms with Crippen LogP contribution >= 0.6 is 0 Å². The van der Waals surface area contributed by atoms with Gasteiger partial charge in [0, 0.05) is 0 Å². The van der Waals surface area contributed by atoms with E-state index >= 15 is 0 Å². The Balaban J connectivity index is 3.12. The van der Waals surface area contributed by atoms with Crippen LogP contribution in [0.25, 0.3) is 0 Å². The van der Waals surface area contributed by atoms with Gasteiger partial charge in [-0.25, -0.2) is 0 Å². The van der Waals surface area contributed by atoms with Gasteiger partial charge in [-0.2, -0.15) is 0 Å². The highest BCUT2D eigenvalue weighted by molar-refractivity contribution is 6.56. The third kappa shape index (κ3) is 7.80. The van der Waals surface area contributed by atoms with Crippen molar-refractivity contribution >= 4 is 8.80 Å². The van der Waals surface area contributed by atoms with Crippen LogP contribution in [0.1, 0.15) is 6.42 Å². The topological polar surface area (TPSA) is 72.7 Å². The van der Waals surface area contributed by atoms with E-state index in [1.807, 2.05) is 0 Å². The molecule has 0 fully saturated rings. The summed E-state index contributed by atoms with van der Waals surface area (Å²) in [5.41, 5.74) is 0. The van der Waals surface area contributed by atoms with E-state index < -0.39 is 8.80 Å². The average Bonchev–Trinajstić information content (AvgIpc) is 1.78. The van der Waals surface area contributed by atoms with E-state index in [-0.39, 0.29) is 6.17 Å². The Morgan fingerprint density at radius 2 is 2.00 bits per heavy atom. The molecule has 60 valence electrons. The van der Waals surface area contributed by atoms with Crippen LogP contribution in [0.15, 0.2) is 12.7 Å². The highest BCUT2D eigenvalue weighted by Gasteiger charge is 2.25. The summed E-state index contributed by atoms with van der Waals surface area (Å²) in [6.07, 6.45) is 2.35. The Hall–Kier alpha value is -0.203. The van der Waals surface area contributed by atoms with E-state index in [1.165, 1.54) is 0 Å². The van der Waals surface area contributed by atoms with Gasteiger partial charge in [0.15, 0.2) is 0 Å². The molecule has 0 spiro atoms. The van der Waals surface area contributed by atoms with E-state index in [0.29, 0.717) is 6.54 Å². The minimum atomic E-state index is -3.85. The van der Waals surface area contributed by atoms with Crippen LogP contribution in [0.3, 0.4) is 0 Å². The predicted molar refractivity (Wildman–Crippen MR) is 40.1 cm³/mol. The van der Waals surface area contributed by atoms with Crippen LogP contribution in [0.4, 0.5) is 0 Å². The molecule has 0 saturated carbocycles. The van der Waals surface area contributed by atoms with Crippen molar-refractivity contribution in [3.05, 3.63) is 12.7 Å². The van der Waals surface area contributed by atoms with Crippen LogP contribution in [0.2, 0.25) is 0 Å².